The number of aliphatic hydroxyl groups is 1. The Bertz CT molecular complexity index is 1240. The average molecular weight is 420 g/mol. The van der Waals surface area contributed by atoms with E-state index in [-0.39, 0.29) is 11.3 Å². The van der Waals surface area contributed by atoms with Crippen LogP contribution in [-0.4, -0.2) is 21.8 Å². The minimum absolute atomic E-state index is 0.213. The molecule has 1 aliphatic rings. The van der Waals surface area contributed by atoms with E-state index in [1.165, 1.54) is 12.4 Å². The molecule has 31 heavy (non-hydrogen) atoms. The maximum Gasteiger partial charge on any atom is 0.300 e. The molecule has 1 atom stereocenters. The zero-order valence-corrected chi connectivity index (χ0v) is 16.8. The number of amides is 1. The van der Waals surface area contributed by atoms with Crippen LogP contribution >= 0.6 is 0 Å². The van der Waals surface area contributed by atoms with Gasteiger partial charge in [0.15, 0.2) is 0 Å². The average Bonchev–Trinajstić information content (AvgIpc) is 3.02. The second kappa shape index (κ2) is 7.75. The molecule has 0 aliphatic carbocycles. The lowest BCUT2D eigenvalue weighted by Gasteiger charge is -2.25. The molecule has 1 aromatic heterocycles. The summed E-state index contributed by atoms with van der Waals surface area (Å²) in [6.45, 7) is 3.59. The largest absolute Gasteiger partial charge is 0.507 e. The number of carbonyl (C=O) groups excluding carboxylic acids is 2. The third-order valence-corrected chi connectivity index (χ3v) is 5.26. The van der Waals surface area contributed by atoms with Gasteiger partial charge in [-0.1, -0.05) is 23.8 Å². The number of aryl methyl sites for hydroxylation is 2. The summed E-state index contributed by atoms with van der Waals surface area (Å²) in [6, 6.07) is 10.0. The van der Waals surface area contributed by atoms with Crippen LogP contribution in [0, 0.1) is 25.5 Å². The van der Waals surface area contributed by atoms with Crippen molar-refractivity contribution in [3.05, 3.63) is 100 Å². The summed E-state index contributed by atoms with van der Waals surface area (Å²) >= 11 is 0. The van der Waals surface area contributed by atoms with Gasteiger partial charge in [0.2, 0.25) is 0 Å². The molecule has 1 fully saturated rings. The zero-order valence-electron chi connectivity index (χ0n) is 16.8. The van der Waals surface area contributed by atoms with E-state index in [4.69, 9.17) is 0 Å². The van der Waals surface area contributed by atoms with E-state index in [1.54, 1.807) is 31.2 Å². The van der Waals surface area contributed by atoms with Gasteiger partial charge in [0.1, 0.15) is 17.4 Å². The molecule has 1 aliphatic heterocycles. The van der Waals surface area contributed by atoms with Crippen LogP contribution in [0.5, 0.6) is 0 Å². The topological polar surface area (TPSA) is 70.5 Å². The molecule has 7 heteroatoms. The first-order valence-corrected chi connectivity index (χ1v) is 9.53. The molecular formula is C24H18F2N2O3. The Balaban J connectivity index is 2.01. The van der Waals surface area contributed by atoms with Gasteiger partial charge in [0, 0.05) is 24.0 Å². The zero-order chi connectivity index (χ0) is 22.3. The van der Waals surface area contributed by atoms with Crippen molar-refractivity contribution in [1.82, 2.24) is 4.98 Å². The number of aromatic nitrogens is 1. The summed E-state index contributed by atoms with van der Waals surface area (Å²) in [5.74, 6) is -4.07. The molecule has 0 bridgehead atoms. The van der Waals surface area contributed by atoms with Gasteiger partial charge in [-0.3, -0.25) is 19.5 Å². The highest BCUT2D eigenvalue weighted by molar-refractivity contribution is 6.51. The molecule has 1 unspecified atom stereocenters. The van der Waals surface area contributed by atoms with Crippen molar-refractivity contribution >= 4 is 23.1 Å². The Morgan fingerprint density at radius 2 is 1.84 bits per heavy atom. The minimum atomic E-state index is -1.18. The maximum absolute atomic E-state index is 14.6. The van der Waals surface area contributed by atoms with Gasteiger partial charge in [0.25, 0.3) is 11.7 Å². The summed E-state index contributed by atoms with van der Waals surface area (Å²) in [5.41, 5.74) is 1.68. The molecule has 5 nitrogen and oxygen atoms in total. The maximum atomic E-state index is 14.6. The molecular weight excluding hydrogens is 402 g/mol. The number of carbonyl (C=O) groups is 2. The van der Waals surface area contributed by atoms with Gasteiger partial charge in [-0.05, 0) is 49.2 Å². The Morgan fingerprint density at radius 1 is 1.06 bits per heavy atom. The minimum Gasteiger partial charge on any atom is -0.507 e. The van der Waals surface area contributed by atoms with Gasteiger partial charge in [-0.15, -0.1) is 0 Å². The molecule has 4 rings (SSSR count). The van der Waals surface area contributed by atoms with E-state index < -0.39 is 35.1 Å². The summed E-state index contributed by atoms with van der Waals surface area (Å²) in [7, 11) is 0. The Morgan fingerprint density at radius 3 is 2.55 bits per heavy atom. The number of rotatable bonds is 3. The van der Waals surface area contributed by atoms with Gasteiger partial charge in [0.05, 0.1) is 17.3 Å². The van der Waals surface area contributed by atoms with Crippen molar-refractivity contribution in [3.63, 3.8) is 0 Å². The van der Waals surface area contributed by atoms with Crippen molar-refractivity contribution in [1.29, 1.82) is 0 Å². The molecule has 0 saturated carbocycles. The van der Waals surface area contributed by atoms with Crippen LogP contribution in [0.3, 0.4) is 0 Å². The van der Waals surface area contributed by atoms with E-state index in [9.17, 15) is 23.5 Å². The van der Waals surface area contributed by atoms with Crippen molar-refractivity contribution in [3.8, 4) is 0 Å². The summed E-state index contributed by atoms with van der Waals surface area (Å²) < 4.78 is 28.5. The first-order valence-electron chi connectivity index (χ1n) is 9.53. The molecule has 1 N–H and O–H groups in total. The van der Waals surface area contributed by atoms with Crippen LogP contribution in [0.25, 0.3) is 5.76 Å². The first kappa shape index (κ1) is 20.4. The number of benzene rings is 2. The lowest BCUT2D eigenvalue weighted by atomic mass is 9.94. The van der Waals surface area contributed by atoms with E-state index in [2.05, 4.69) is 4.98 Å². The molecule has 2 aromatic carbocycles. The summed E-state index contributed by atoms with van der Waals surface area (Å²) in [6.07, 6.45) is 2.92. The predicted molar refractivity (Wildman–Crippen MR) is 111 cm³/mol. The quantitative estimate of drug-likeness (QED) is 0.382. The van der Waals surface area contributed by atoms with E-state index >= 15 is 0 Å². The molecule has 156 valence electrons. The van der Waals surface area contributed by atoms with Crippen molar-refractivity contribution in [2.24, 2.45) is 0 Å². The van der Waals surface area contributed by atoms with Crippen LogP contribution in [0.1, 0.15) is 28.3 Å². The van der Waals surface area contributed by atoms with Crippen LogP contribution < -0.4 is 4.90 Å². The number of aliphatic hydroxyl groups excluding tert-OH is 1. The number of Topliss-reactive ketones (excluding diaryl/α,β-unsaturated/α-hetero) is 1. The number of anilines is 1. The number of hydrogen-bond donors (Lipinski definition) is 1. The lowest BCUT2D eigenvalue weighted by Crippen LogP contribution is -2.30. The number of hydrogen-bond acceptors (Lipinski definition) is 4. The van der Waals surface area contributed by atoms with Gasteiger partial charge >= 0.3 is 0 Å². The van der Waals surface area contributed by atoms with E-state index in [1.807, 2.05) is 13.0 Å². The van der Waals surface area contributed by atoms with Crippen LogP contribution in [0.2, 0.25) is 0 Å². The summed E-state index contributed by atoms with van der Waals surface area (Å²) in [4.78, 5) is 30.9. The smallest absolute Gasteiger partial charge is 0.300 e. The standard InChI is InChI=1S/C24H18F2N2O3/c1-13-5-6-14(2)17(10-13)22(29)20-21(15-4-3-9-27-12-15)28(24(31)23(20)30)19-11-16(25)7-8-18(19)26/h3-12,21,29H,1-2H3/b22-20+. The SMILES string of the molecule is Cc1ccc(C)c(/C(O)=C2\C(=O)C(=O)N(c3cc(F)ccc3F)C2c2cccnc2)c1. The monoisotopic (exact) mass is 420 g/mol. The second-order valence-electron chi connectivity index (χ2n) is 7.37. The third-order valence-electron chi connectivity index (χ3n) is 5.26. The molecule has 1 saturated heterocycles. The lowest BCUT2D eigenvalue weighted by molar-refractivity contribution is -0.132. The second-order valence-corrected chi connectivity index (χ2v) is 7.37. The van der Waals surface area contributed by atoms with E-state index in [0.717, 1.165) is 28.7 Å². The number of ketones is 1. The number of nitrogens with zero attached hydrogens (tertiary/aromatic N) is 2. The fourth-order valence-electron chi connectivity index (χ4n) is 3.74. The van der Waals surface area contributed by atoms with Gasteiger partial charge in [-0.25, -0.2) is 8.78 Å². The predicted octanol–water partition coefficient (Wildman–Crippen LogP) is 4.60. The fraction of sp³-hybridized carbons (Fsp3) is 0.125. The Kier molecular flexibility index (Phi) is 5.10. The van der Waals surface area contributed by atoms with Crippen molar-refractivity contribution in [2.75, 3.05) is 4.90 Å². The van der Waals surface area contributed by atoms with Crippen LogP contribution in [0.4, 0.5) is 14.5 Å². The molecule has 0 spiro atoms. The Labute approximate surface area is 177 Å². The van der Waals surface area contributed by atoms with Crippen LogP contribution in [-0.2, 0) is 9.59 Å². The number of pyridine rings is 1. The van der Waals surface area contributed by atoms with Crippen molar-refractivity contribution < 1.29 is 23.5 Å². The molecule has 2 heterocycles. The number of halogens is 2. The fourth-order valence-corrected chi connectivity index (χ4v) is 3.74. The normalized spacial score (nSPS) is 17.9. The highest BCUT2D eigenvalue weighted by Gasteiger charge is 2.48. The van der Waals surface area contributed by atoms with Crippen LogP contribution in [0.15, 0.2) is 66.5 Å². The Hall–Kier alpha value is -3.87. The highest BCUT2D eigenvalue weighted by atomic mass is 19.1. The van der Waals surface area contributed by atoms with Crippen molar-refractivity contribution in [2.45, 2.75) is 19.9 Å². The van der Waals surface area contributed by atoms with E-state index in [0.29, 0.717) is 16.7 Å². The van der Waals surface area contributed by atoms with Gasteiger partial charge in [-0.2, -0.15) is 0 Å². The molecule has 0 radical (unpaired) electrons. The first-order chi connectivity index (χ1) is 14.8. The third kappa shape index (κ3) is 3.48. The highest BCUT2D eigenvalue weighted by Crippen LogP contribution is 2.43. The molecule has 3 aromatic rings. The van der Waals surface area contributed by atoms with Gasteiger partial charge < -0.3 is 5.11 Å². The molecule has 1 amide bonds. The summed E-state index contributed by atoms with van der Waals surface area (Å²) in [5, 5.41) is 11.1.